The summed E-state index contributed by atoms with van der Waals surface area (Å²) in [4.78, 5) is 4.36. The maximum atomic E-state index is 13.0. The van der Waals surface area contributed by atoms with Gasteiger partial charge in [0.25, 0.3) is 0 Å². The average molecular weight is 363 g/mol. The van der Waals surface area contributed by atoms with Crippen LogP contribution in [0.4, 0.5) is 13.2 Å². The average Bonchev–Trinajstić information content (AvgIpc) is 3.08. The van der Waals surface area contributed by atoms with Crippen molar-refractivity contribution >= 4 is 11.8 Å². The summed E-state index contributed by atoms with van der Waals surface area (Å²) < 4.78 is 39.0. The van der Waals surface area contributed by atoms with Crippen molar-refractivity contribution in [3.05, 3.63) is 65.2 Å². The highest BCUT2D eigenvalue weighted by atomic mass is 32.2. The molecule has 3 rings (SSSR count). The molecule has 0 aliphatic rings. The summed E-state index contributed by atoms with van der Waals surface area (Å²) in [7, 11) is 0. The number of hydrogen-bond acceptors (Lipinski definition) is 3. The van der Waals surface area contributed by atoms with Crippen molar-refractivity contribution in [3.63, 3.8) is 0 Å². The molecule has 0 bridgehead atoms. The van der Waals surface area contributed by atoms with E-state index in [-0.39, 0.29) is 11.3 Å². The Morgan fingerprint density at radius 3 is 2.44 bits per heavy atom. The van der Waals surface area contributed by atoms with E-state index in [2.05, 4.69) is 22.1 Å². The third-order valence-corrected chi connectivity index (χ3v) is 4.68. The van der Waals surface area contributed by atoms with E-state index in [1.165, 1.54) is 29.5 Å². The van der Waals surface area contributed by atoms with E-state index in [1.54, 1.807) is 6.07 Å². The Labute approximate surface area is 147 Å². The number of nitrogens with one attached hydrogen (secondary N) is 1. The molecule has 0 unspecified atom stereocenters. The molecule has 1 aromatic heterocycles. The maximum absolute atomic E-state index is 13.0. The second kappa shape index (κ2) is 7.31. The van der Waals surface area contributed by atoms with Crippen LogP contribution in [0, 0.1) is 0 Å². The predicted molar refractivity (Wildman–Crippen MR) is 92.2 cm³/mol. The highest BCUT2D eigenvalue weighted by Crippen LogP contribution is 2.34. The number of rotatable bonds is 5. The molecule has 0 aliphatic carbocycles. The molecular formula is C18H16F3N3S. The summed E-state index contributed by atoms with van der Waals surface area (Å²) in [5, 5.41) is 7.35. The highest BCUT2D eigenvalue weighted by Gasteiger charge is 2.32. The van der Waals surface area contributed by atoms with Crippen LogP contribution in [-0.2, 0) is 18.3 Å². The van der Waals surface area contributed by atoms with Crippen LogP contribution in [0.1, 0.15) is 23.6 Å². The SMILES string of the molecule is CCc1ccc(-c2nc(SCc3ccccc3C(F)(F)F)n[nH]2)cc1. The number of benzene rings is 2. The summed E-state index contributed by atoms with van der Waals surface area (Å²) in [6.45, 7) is 2.08. The summed E-state index contributed by atoms with van der Waals surface area (Å²) in [6.07, 6.45) is -3.40. The first-order valence-corrected chi connectivity index (χ1v) is 8.75. The zero-order chi connectivity index (χ0) is 17.9. The zero-order valence-electron chi connectivity index (χ0n) is 13.5. The third kappa shape index (κ3) is 4.22. The van der Waals surface area contributed by atoms with E-state index in [9.17, 15) is 13.2 Å². The van der Waals surface area contributed by atoms with Gasteiger partial charge in [0.15, 0.2) is 5.82 Å². The summed E-state index contributed by atoms with van der Waals surface area (Å²) in [5.74, 6) is 0.760. The second-order valence-corrected chi connectivity index (χ2v) is 6.40. The molecule has 130 valence electrons. The lowest BCUT2D eigenvalue weighted by Gasteiger charge is -2.11. The number of H-pyrrole nitrogens is 1. The van der Waals surface area contributed by atoms with E-state index < -0.39 is 11.7 Å². The third-order valence-electron chi connectivity index (χ3n) is 3.78. The van der Waals surface area contributed by atoms with Gasteiger partial charge in [-0.15, -0.1) is 5.10 Å². The quantitative estimate of drug-likeness (QED) is 0.622. The summed E-state index contributed by atoms with van der Waals surface area (Å²) in [6, 6.07) is 13.5. The number of halogens is 3. The number of aromatic amines is 1. The lowest BCUT2D eigenvalue weighted by molar-refractivity contribution is -0.138. The van der Waals surface area contributed by atoms with Gasteiger partial charge in [-0.05, 0) is 23.6 Å². The fourth-order valence-electron chi connectivity index (χ4n) is 2.40. The number of thioether (sulfide) groups is 1. The first-order valence-electron chi connectivity index (χ1n) is 7.77. The van der Waals surface area contributed by atoms with Gasteiger partial charge in [-0.1, -0.05) is 61.2 Å². The van der Waals surface area contributed by atoms with E-state index >= 15 is 0 Å². The fraction of sp³-hybridized carbons (Fsp3) is 0.222. The molecule has 3 aromatic rings. The molecular weight excluding hydrogens is 347 g/mol. The van der Waals surface area contributed by atoms with Crippen LogP contribution in [-0.4, -0.2) is 15.2 Å². The maximum Gasteiger partial charge on any atom is 0.416 e. The van der Waals surface area contributed by atoms with E-state index in [4.69, 9.17) is 0 Å². The Kier molecular flexibility index (Phi) is 5.13. The van der Waals surface area contributed by atoms with Crippen LogP contribution >= 0.6 is 11.8 Å². The molecule has 0 atom stereocenters. The Bertz CT molecular complexity index is 841. The van der Waals surface area contributed by atoms with E-state index in [1.807, 2.05) is 24.3 Å². The van der Waals surface area contributed by atoms with Crippen molar-refractivity contribution < 1.29 is 13.2 Å². The van der Waals surface area contributed by atoms with Crippen LogP contribution in [0.25, 0.3) is 11.4 Å². The monoisotopic (exact) mass is 363 g/mol. The Morgan fingerprint density at radius 2 is 1.76 bits per heavy atom. The molecule has 25 heavy (non-hydrogen) atoms. The molecule has 7 heteroatoms. The van der Waals surface area contributed by atoms with Gasteiger partial charge >= 0.3 is 6.18 Å². The molecule has 1 N–H and O–H groups in total. The molecule has 0 saturated carbocycles. The van der Waals surface area contributed by atoms with Gasteiger partial charge in [-0.2, -0.15) is 13.2 Å². The Morgan fingerprint density at radius 1 is 1.04 bits per heavy atom. The first kappa shape index (κ1) is 17.5. The van der Waals surface area contributed by atoms with Crippen molar-refractivity contribution in [2.75, 3.05) is 0 Å². The number of aryl methyl sites for hydroxylation is 1. The molecule has 0 radical (unpaired) electrons. The van der Waals surface area contributed by atoms with Crippen molar-refractivity contribution in [2.24, 2.45) is 0 Å². The van der Waals surface area contributed by atoms with Gasteiger partial charge in [-0.3, -0.25) is 5.10 Å². The lowest BCUT2D eigenvalue weighted by atomic mass is 10.1. The normalized spacial score (nSPS) is 11.7. The standard InChI is InChI=1S/C18H16F3N3S/c1-2-12-7-9-13(10-8-12)16-22-17(24-23-16)25-11-14-5-3-4-6-15(14)18(19,20)21/h3-10H,2,11H2,1H3,(H,22,23,24). The predicted octanol–water partition coefficient (Wildman–Crippen LogP) is 5.35. The number of aromatic nitrogens is 3. The molecule has 0 aliphatic heterocycles. The summed E-state index contributed by atoms with van der Waals surface area (Å²) >= 11 is 1.17. The Hall–Kier alpha value is -2.28. The largest absolute Gasteiger partial charge is 0.416 e. The van der Waals surface area contributed by atoms with Gasteiger partial charge in [0.2, 0.25) is 5.16 Å². The lowest BCUT2D eigenvalue weighted by Crippen LogP contribution is -2.08. The van der Waals surface area contributed by atoms with Gasteiger partial charge < -0.3 is 0 Å². The minimum absolute atomic E-state index is 0.155. The van der Waals surface area contributed by atoms with E-state index in [0.29, 0.717) is 11.0 Å². The molecule has 0 spiro atoms. The minimum atomic E-state index is -4.36. The summed E-state index contributed by atoms with van der Waals surface area (Å²) in [5.41, 5.74) is 1.72. The van der Waals surface area contributed by atoms with Crippen molar-refractivity contribution in [1.29, 1.82) is 0 Å². The number of hydrogen-bond donors (Lipinski definition) is 1. The molecule has 1 heterocycles. The topological polar surface area (TPSA) is 41.6 Å². The van der Waals surface area contributed by atoms with Gasteiger partial charge in [0, 0.05) is 11.3 Å². The minimum Gasteiger partial charge on any atom is -0.258 e. The van der Waals surface area contributed by atoms with Crippen LogP contribution in [0.3, 0.4) is 0 Å². The van der Waals surface area contributed by atoms with Crippen LogP contribution in [0.2, 0.25) is 0 Å². The molecule has 2 aromatic carbocycles. The van der Waals surface area contributed by atoms with Gasteiger partial charge in [-0.25, -0.2) is 4.98 Å². The zero-order valence-corrected chi connectivity index (χ0v) is 14.3. The number of nitrogens with zero attached hydrogens (tertiary/aromatic N) is 2. The molecule has 0 fully saturated rings. The number of alkyl halides is 3. The second-order valence-electron chi connectivity index (χ2n) is 5.46. The van der Waals surface area contributed by atoms with Crippen LogP contribution < -0.4 is 0 Å². The molecule has 3 nitrogen and oxygen atoms in total. The Balaban J connectivity index is 1.72. The smallest absolute Gasteiger partial charge is 0.258 e. The molecule has 0 saturated heterocycles. The first-order chi connectivity index (χ1) is 12.0. The van der Waals surface area contributed by atoms with Crippen molar-refractivity contribution in [1.82, 2.24) is 15.2 Å². The van der Waals surface area contributed by atoms with Crippen molar-refractivity contribution in [3.8, 4) is 11.4 Å². The highest BCUT2D eigenvalue weighted by molar-refractivity contribution is 7.98. The van der Waals surface area contributed by atoms with Gasteiger partial charge in [0.05, 0.1) is 5.56 Å². The molecule has 0 amide bonds. The van der Waals surface area contributed by atoms with E-state index in [0.717, 1.165) is 18.1 Å². The van der Waals surface area contributed by atoms with Gasteiger partial charge in [0.1, 0.15) is 0 Å². The van der Waals surface area contributed by atoms with Crippen molar-refractivity contribution in [2.45, 2.75) is 30.4 Å². The fourth-order valence-corrected chi connectivity index (χ4v) is 3.21. The van der Waals surface area contributed by atoms with Crippen LogP contribution in [0.5, 0.6) is 0 Å². The van der Waals surface area contributed by atoms with Crippen LogP contribution in [0.15, 0.2) is 53.7 Å².